The first-order valence-corrected chi connectivity index (χ1v) is 11.6. The summed E-state index contributed by atoms with van der Waals surface area (Å²) >= 11 is 0. The Labute approximate surface area is 192 Å². The Morgan fingerprint density at radius 3 is 2.56 bits per heavy atom. The third kappa shape index (κ3) is 6.23. The molecule has 13 heteroatoms. The summed E-state index contributed by atoms with van der Waals surface area (Å²) < 4.78 is 80.9. The van der Waals surface area contributed by atoms with Crippen LogP contribution in [0.15, 0.2) is 52.3 Å². The van der Waals surface area contributed by atoms with E-state index in [0.717, 1.165) is 25.1 Å². The summed E-state index contributed by atoms with van der Waals surface area (Å²) in [5.41, 5.74) is 0.316. The number of sulfone groups is 1. The van der Waals surface area contributed by atoms with Crippen molar-refractivity contribution >= 4 is 33.1 Å². The van der Waals surface area contributed by atoms with Crippen LogP contribution in [0.3, 0.4) is 0 Å². The number of nitrogens with one attached hydrogen (secondary N) is 2. The Kier molecular flexibility index (Phi) is 7.77. The molecule has 1 aliphatic heterocycles. The van der Waals surface area contributed by atoms with E-state index in [4.69, 9.17) is 0 Å². The van der Waals surface area contributed by atoms with E-state index in [1.54, 1.807) is 0 Å². The summed E-state index contributed by atoms with van der Waals surface area (Å²) in [4.78, 5) is 24.3. The summed E-state index contributed by atoms with van der Waals surface area (Å²) in [5.74, 6) is -4.52. The Morgan fingerprint density at radius 1 is 1.09 bits per heavy atom. The van der Waals surface area contributed by atoms with Gasteiger partial charge in [0.1, 0.15) is 5.82 Å². The Morgan fingerprint density at radius 2 is 1.85 bits per heavy atom. The quantitative estimate of drug-likeness (QED) is 0.461. The Hall–Kier alpha value is -3.19. The molecule has 184 valence electrons. The van der Waals surface area contributed by atoms with Gasteiger partial charge < -0.3 is 20.3 Å². The molecular weight excluding hydrogens is 482 g/mol. The molecule has 1 amide bonds. The van der Waals surface area contributed by atoms with Gasteiger partial charge >= 0.3 is 12.1 Å². The van der Waals surface area contributed by atoms with E-state index in [0.29, 0.717) is 25.3 Å². The monoisotopic (exact) mass is 503 g/mol. The number of esters is 1. The fourth-order valence-electron chi connectivity index (χ4n) is 3.31. The molecule has 0 unspecified atom stereocenters. The number of rotatable bonds is 6. The maximum Gasteiger partial charge on any atom is 0.490 e. The first-order valence-electron chi connectivity index (χ1n) is 10.1. The second-order valence-electron chi connectivity index (χ2n) is 7.35. The number of benzene rings is 2. The van der Waals surface area contributed by atoms with Crippen molar-refractivity contribution in [1.82, 2.24) is 5.32 Å². The minimum Gasteiger partial charge on any atom is -0.449 e. The van der Waals surface area contributed by atoms with Crippen LogP contribution in [0, 0.1) is 5.82 Å². The minimum atomic E-state index is -5.28. The van der Waals surface area contributed by atoms with E-state index in [9.17, 15) is 35.6 Å². The second kappa shape index (κ2) is 10.4. The van der Waals surface area contributed by atoms with Crippen LogP contribution in [0.1, 0.15) is 6.42 Å². The minimum absolute atomic E-state index is 0.243. The summed E-state index contributed by atoms with van der Waals surface area (Å²) in [6, 6.07) is 8.36. The van der Waals surface area contributed by atoms with Gasteiger partial charge in [0, 0.05) is 25.3 Å². The molecule has 34 heavy (non-hydrogen) atoms. The number of carbonyl (C=O) groups is 2. The predicted octanol–water partition coefficient (Wildman–Crippen LogP) is 2.50. The molecule has 0 radical (unpaired) electrons. The van der Waals surface area contributed by atoms with E-state index >= 15 is 0 Å². The molecule has 2 aromatic carbocycles. The highest BCUT2D eigenvalue weighted by Crippen LogP contribution is 2.32. The summed E-state index contributed by atoms with van der Waals surface area (Å²) in [7, 11) is -4.32. The normalized spacial score (nSPS) is 14.9. The maximum absolute atomic E-state index is 13.7. The zero-order chi connectivity index (χ0) is 24.9. The van der Waals surface area contributed by atoms with Gasteiger partial charge in [-0.3, -0.25) is 4.79 Å². The fourth-order valence-corrected chi connectivity index (χ4v) is 4.74. The smallest absolute Gasteiger partial charge is 0.449 e. The molecule has 3 rings (SSSR count). The average Bonchev–Trinajstić information content (AvgIpc) is 3.06. The summed E-state index contributed by atoms with van der Waals surface area (Å²) in [6.45, 7) is 1.40. The van der Waals surface area contributed by atoms with E-state index < -0.39 is 45.2 Å². The molecular formula is C21H21F4N3O5S. The van der Waals surface area contributed by atoms with Crippen LogP contribution in [0.5, 0.6) is 0 Å². The molecule has 0 atom stereocenters. The molecule has 0 aliphatic carbocycles. The van der Waals surface area contributed by atoms with Gasteiger partial charge in [-0.1, -0.05) is 6.07 Å². The second-order valence-corrected chi connectivity index (χ2v) is 9.27. The van der Waals surface area contributed by atoms with Crippen molar-refractivity contribution in [3.63, 3.8) is 0 Å². The van der Waals surface area contributed by atoms with Gasteiger partial charge in [-0.15, -0.1) is 0 Å². The van der Waals surface area contributed by atoms with Gasteiger partial charge in [-0.05, 0) is 49.4 Å². The molecule has 0 spiro atoms. The highest BCUT2D eigenvalue weighted by Gasteiger charge is 2.41. The number of halogens is 4. The van der Waals surface area contributed by atoms with Crippen LogP contribution in [0.2, 0.25) is 0 Å². The molecule has 2 aromatic rings. The van der Waals surface area contributed by atoms with Crippen molar-refractivity contribution in [1.29, 1.82) is 0 Å². The van der Waals surface area contributed by atoms with Crippen LogP contribution in [0.25, 0.3) is 0 Å². The van der Waals surface area contributed by atoms with Crippen molar-refractivity contribution in [2.45, 2.75) is 22.4 Å². The third-order valence-electron chi connectivity index (χ3n) is 4.90. The lowest BCUT2D eigenvalue weighted by Gasteiger charge is -2.24. The number of hydrogen-bond acceptors (Lipinski definition) is 7. The van der Waals surface area contributed by atoms with Crippen molar-refractivity contribution in [3.05, 3.63) is 48.3 Å². The van der Waals surface area contributed by atoms with Crippen LogP contribution in [-0.2, 0) is 24.2 Å². The van der Waals surface area contributed by atoms with Gasteiger partial charge in [0.2, 0.25) is 9.84 Å². The average molecular weight is 503 g/mol. The number of ether oxygens (including phenoxy) is 1. The van der Waals surface area contributed by atoms with E-state index in [1.165, 1.54) is 30.3 Å². The largest absolute Gasteiger partial charge is 0.490 e. The lowest BCUT2D eigenvalue weighted by molar-refractivity contribution is -0.199. The van der Waals surface area contributed by atoms with Crippen molar-refractivity contribution in [2.75, 3.05) is 43.0 Å². The van der Waals surface area contributed by atoms with E-state index in [1.807, 2.05) is 4.90 Å². The van der Waals surface area contributed by atoms with E-state index in [-0.39, 0.29) is 10.6 Å². The highest BCUT2D eigenvalue weighted by atomic mass is 32.2. The summed E-state index contributed by atoms with van der Waals surface area (Å²) in [6.07, 6.45) is -4.48. The van der Waals surface area contributed by atoms with Gasteiger partial charge in [0.05, 0.1) is 15.5 Å². The molecule has 1 fully saturated rings. The number of amides is 1. The summed E-state index contributed by atoms with van der Waals surface area (Å²) in [5, 5.41) is 5.42. The highest BCUT2D eigenvalue weighted by molar-refractivity contribution is 7.91. The standard InChI is InChI=1S/C21H21F4N3O5S/c22-14-3-1-4-16(11-14)34(31,32)18-6-5-15(28-9-2-7-26-8-10-28)12-17(18)27-19(29)13-33-20(30)21(23,24)25/h1,3-6,11-12,26H,2,7-10,13H2,(H,27,29). The lowest BCUT2D eigenvalue weighted by atomic mass is 10.2. The molecule has 1 aliphatic rings. The molecule has 1 heterocycles. The number of anilines is 2. The van der Waals surface area contributed by atoms with Gasteiger partial charge in [-0.25, -0.2) is 17.6 Å². The molecule has 0 bridgehead atoms. The zero-order valence-corrected chi connectivity index (χ0v) is 18.5. The fraction of sp³-hybridized carbons (Fsp3) is 0.333. The molecule has 0 aromatic heterocycles. The van der Waals surface area contributed by atoms with Crippen LogP contribution in [-0.4, -0.2) is 59.3 Å². The molecule has 0 saturated carbocycles. The van der Waals surface area contributed by atoms with Gasteiger partial charge in [-0.2, -0.15) is 13.2 Å². The van der Waals surface area contributed by atoms with Crippen LogP contribution in [0.4, 0.5) is 28.9 Å². The van der Waals surface area contributed by atoms with Crippen molar-refractivity contribution in [2.24, 2.45) is 0 Å². The molecule has 8 nitrogen and oxygen atoms in total. The number of hydrogen-bond donors (Lipinski definition) is 2. The van der Waals surface area contributed by atoms with Crippen molar-refractivity contribution in [3.8, 4) is 0 Å². The van der Waals surface area contributed by atoms with Gasteiger partial charge in [0.15, 0.2) is 6.61 Å². The Bertz CT molecular complexity index is 1160. The van der Waals surface area contributed by atoms with E-state index in [2.05, 4.69) is 15.4 Å². The molecule has 2 N–H and O–H groups in total. The Balaban J connectivity index is 1.95. The first kappa shape index (κ1) is 25.4. The third-order valence-corrected chi connectivity index (χ3v) is 6.71. The van der Waals surface area contributed by atoms with Gasteiger partial charge in [0.25, 0.3) is 5.91 Å². The molecule has 1 saturated heterocycles. The van der Waals surface area contributed by atoms with Crippen LogP contribution < -0.4 is 15.5 Å². The SMILES string of the molecule is O=C(COC(=O)C(F)(F)F)Nc1cc(N2CCCNCC2)ccc1S(=O)(=O)c1cccc(F)c1. The first-order chi connectivity index (χ1) is 16.0. The lowest BCUT2D eigenvalue weighted by Crippen LogP contribution is -2.30. The maximum atomic E-state index is 13.7. The van der Waals surface area contributed by atoms with Crippen LogP contribution >= 0.6 is 0 Å². The number of alkyl halides is 3. The topological polar surface area (TPSA) is 105 Å². The predicted molar refractivity (Wildman–Crippen MR) is 114 cm³/mol. The number of nitrogens with zero attached hydrogens (tertiary/aromatic N) is 1. The number of carbonyl (C=O) groups excluding carboxylic acids is 2. The zero-order valence-electron chi connectivity index (χ0n) is 17.7. The van der Waals surface area contributed by atoms with Crippen molar-refractivity contribution < 1.29 is 40.3 Å².